The lowest BCUT2D eigenvalue weighted by Gasteiger charge is -2.17. The van der Waals surface area contributed by atoms with Gasteiger partial charge in [-0.3, -0.25) is 4.79 Å². The average Bonchev–Trinajstić information content (AvgIpc) is 2.28. The van der Waals surface area contributed by atoms with Crippen LogP contribution in [0.2, 0.25) is 0 Å². The Bertz CT molecular complexity index is 388. The Labute approximate surface area is 103 Å². The second-order valence-electron chi connectivity index (χ2n) is 4.58. The van der Waals surface area contributed by atoms with Crippen molar-refractivity contribution in [3.63, 3.8) is 0 Å². The second kappa shape index (κ2) is 5.68. The first kappa shape index (κ1) is 13.5. The number of benzene rings is 1. The first-order valence-corrected chi connectivity index (χ1v) is 5.75. The third-order valence-corrected chi connectivity index (χ3v) is 2.83. The van der Waals surface area contributed by atoms with Gasteiger partial charge in [0.1, 0.15) is 0 Å². The molecule has 4 heteroatoms. The summed E-state index contributed by atoms with van der Waals surface area (Å²) in [7, 11) is 3.93. The smallest absolute Gasteiger partial charge is 0.228 e. The Morgan fingerprint density at radius 1 is 1.35 bits per heavy atom. The minimum Gasteiger partial charge on any atom is -0.378 e. The van der Waals surface area contributed by atoms with Crippen LogP contribution in [-0.4, -0.2) is 26.0 Å². The molecule has 0 aliphatic rings. The molecule has 0 fully saturated rings. The number of carbonyl (C=O) groups is 1. The van der Waals surface area contributed by atoms with Crippen molar-refractivity contribution in [2.24, 2.45) is 11.7 Å². The molecule has 2 unspecified atom stereocenters. The van der Waals surface area contributed by atoms with Crippen LogP contribution in [0.25, 0.3) is 0 Å². The molecular weight excluding hydrogens is 214 g/mol. The van der Waals surface area contributed by atoms with Gasteiger partial charge < -0.3 is 16.0 Å². The van der Waals surface area contributed by atoms with Crippen molar-refractivity contribution in [3.05, 3.63) is 24.3 Å². The first-order valence-electron chi connectivity index (χ1n) is 5.75. The highest BCUT2D eigenvalue weighted by molar-refractivity contribution is 5.93. The maximum Gasteiger partial charge on any atom is 0.228 e. The van der Waals surface area contributed by atoms with Crippen LogP contribution in [0.4, 0.5) is 11.4 Å². The summed E-state index contributed by atoms with van der Waals surface area (Å²) in [6.07, 6.45) is 0. The van der Waals surface area contributed by atoms with Crippen molar-refractivity contribution in [1.29, 1.82) is 0 Å². The highest BCUT2D eigenvalue weighted by Crippen LogP contribution is 2.18. The lowest BCUT2D eigenvalue weighted by atomic mass is 10.0. The van der Waals surface area contributed by atoms with Gasteiger partial charge in [-0.2, -0.15) is 0 Å². The van der Waals surface area contributed by atoms with Crippen molar-refractivity contribution in [2.45, 2.75) is 19.9 Å². The fourth-order valence-electron chi connectivity index (χ4n) is 1.36. The zero-order chi connectivity index (χ0) is 13.0. The molecule has 1 amide bonds. The van der Waals surface area contributed by atoms with Gasteiger partial charge in [0, 0.05) is 31.5 Å². The van der Waals surface area contributed by atoms with E-state index >= 15 is 0 Å². The van der Waals surface area contributed by atoms with Crippen molar-refractivity contribution in [2.75, 3.05) is 24.3 Å². The van der Waals surface area contributed by atoms with Crippen molar-refractivity contribution in [3.8, 4) is 0 Å². The van der Waals surface area contributed by atoms with E-state index in [-0.39, 0.29) is 17.9 Å². The molecule has 17 heavy (non-hydrogen) atoms. The second-order valence-corrected chi connectivity index (χ2v) is 4.58. The van der Waals surface area contributed by atoms with E-state index in [0.717, 1.165) is 11.4 Å². The van der Waals surface area contributed by atoms with Crippen LogP contribution in [0.3, 0.4) is 0 Å². The molecule has 94 valence electrons. The van der Waals surface area contributed by atoms with Crippen molar-refractivity contribution in [1.82, 2.24) is 0 Å². The number of nitrogens with two attached hydrogens (primary N) is 1. The topological polar surface area (TPSA) is 58.4 Å². The quantitative estimate of drug-likeness (QED) is 0.834. The van der Waals surface area contributed by atoms with Crippen molar-refractivity contribution < 1.29 is 4.79 Å². The summed E-state index contributed by atoms with van der Waals surface area (Å²) in [5.74, 6) is -0.242. The zero-order valence-corrected chi connectivity index (χ0v) is 10.9. The molecule has 2 atom stereocenters. The highest BCUT2D eigenvalue weighted by atomic mass is 16.1. The van der Waals surface area contributed by atoms with Gasteiger partial charge in [-0.1, -0.05) is 13.0 Å². The largest absolute Gasteiger partial charge is 0.378 e. The van der Waals surface area contributed by atoms with E-state index in [4.69, 9.17) is 5.73 Å². The Hall–Kier alpha value is -1.55. The summed E-state index contributed by atoms with van der Waals surface area (Å²) in [5, 5.41) is 2.87. The van der Waals surface area contributed by atoms with Gasteiger partial charge in [0.15, 0.2) is 0 Å². The summed E-state index contributed by atoms with van der Waals surface area (Å²) >= 11 is 0. The third kappa shape index (κ3) is 3.75. The SMILES string of the molecule is CC(N)C(C)C(=O)Nc1cccc(N(C)C)c1. The molecule has 1 aromatic carbocycles. The van der Waals surface area contributed by atoms with Crippen molar-refractivity contribution >= 4 is 17.3 Å². The molecule has 0 spiro atoms. The van der Waals surface area contributed by atoms with Crippen LogP contribution < -0.4 is 16.0 Å². The van der Waals surface area contributed by atoms with Crippen LogP contribution in [0.15, 0.2) is 24.3 Å². The number of nitrogens with zero attached hydrogens (tertiary/aromatic N) is 1. The molecule has 0 aliphatic carbocycles. The van der Waals surface area contributed by atoms with Gasteiger partial charge >= 0.3 is 0 Å². The van der Waals surface area contributed by atoms with E-state index in [2.05, 4.69) is 5.32 Å². The fraction of sp³-hybridized carbons (Fsp3) is 0.462. The monoisotopic (exact) mass is 235 g/mol. The van der Waals surface area contributed by atoms with E-state index in [0.29, 0.717) is 0 Å². The van der Waals surface area contributed by atoms with Gasteiger partial charge in [0.05, 0.1) is 5.92 Å². The lowest BCUT2D eigenvalue weighted by Crippen LogP contribution is -2.34. The average molecular weight is 235 g/mol. The number of carbonyl (C=O) groups excluding carboxylic acids is 1. The predicted octanol–water partition coefficient (Wildman–Crippen LogP) is 1.67. The van der Waals surface area contributed by atoms with Crippen LogP contribution in [0, 0.1) is 5.92 Å². The summed E-state index contributed by atoms with van der Waals surface area (Å²) in [6, 6.07) is 7.57. The molecule has 1 rings (SSSR count). The minimum absolute atomic E-state index is 0.0455. The van der Waals surface area contributed by atoms with Crippen LogP contribution in [0.5, 0.6) is 0 Å². The van der Waals surface area contributed by atoms with Crippen LogP contribution in [-0.2, 0) is 4.79 Å². The molecule has 0 saturated carbocycles. The van der Waals surface area contributed by atoms with Gasteiger partial charge in [0.25, 0.3) is 0 Å². The number of amides is 1. The molecule has 0 aromatic heterocycles. The van der Waals surface area contributed by atoms with Gasteiger partial charge in [-0.15, -0.1) is 0 Å². The Balaban J connectivity index is 2.75. The Kier molecular flexibility index (Phi) is 4.52. The molecule has 0 bridgehead atoms. The maximum absolute atomic E-state index is 11.8. The summed E-state index contributed by atoms with van der Waals surface area (Å²) in [5.41, 5.74) is 7.55. The molecule has 0 saturated heterocycles. The first-order chi connectivity index (χ1) is 7.91. The van der Waals surface area contributed by atoms with Gasteiger partial charge in [-0.25, -0.2) is 0 Å². The highest BCUT2D eigenvalue weighted by Gasteiger charge is 2.16. The normalized spacial score (nSPS) is 13.9. The van der Waals surface area contributed by atoms with Gasteiger partial charge in [0.2, 0.25) is 5.91 Å². The molecule has 4 nitrogen and oxygen atoms in total. The molecule has 1 aromatic rings. The minimum atomic E-state index is -0.196. The van der Waals surface area contributed by atoms with E-state index in [1.54, 1.807) is 0 Å². The predicted molar refractivity (Wildman–Crippen MR) is 72.2 cm³/mol. The Morgan fingerprint density at radius 3 is 2.53 bits per heavy atom. The maximum atomic E-state index is 11.8. The van der Waals surface area contributed by atoms with E-state index < -0.39 is 0 Å². The number of hydrogen-bond acceptors (Lipinski definition) is 3. The number of rotatable bonds is 4. The molecule has 0 heterocycles. The molecule has 3 N–H and O–H groups in total. The Morgan fingerprint density at radius 2 is 2.00 bits per heavy atom. The summed E-state index contributed by atoms with van der Waals surface area (Å²) in [4.78, 5) is 13.8. The van der Waals surface area contributed by atoms with E-state index in [1.165, 1.54) is 0 Å². The number of anilines is 2. The molecular formula is C13H21N3O. The fourth-order valence-corrected chi connectivity index (χ4v) is 1.36. The van der Waals surface area contributed by atoms with Crippen LogP contribution >= 0.6 is 0 Å². The molecule has 0 aliphatic heterocycles. The third-order valence-electron chi connectivity index (χ3n) is 2.83. The summed E-state index contributed by atoms with van der Waals surface area (Å²) < 4.78 is 0. The van der Waals surface area contributed by atoms with E-state index in [9.17, 15) is 4.79 Å². The lowest BCUT2D eigenvalue weighted by molar-refractivity contribution is -0.119. The van der Waals surface area contributed by atoms with Crippen LogP contribution in [0.1, 0.15) is 13.8 Å². The number of hydrogen-bond donors (Lipinski definition) is 2. The number of nitrogens with one attached hydrogen (secondary N) is 1. The van der Waals surface area contributed by atoms with Gasteiger partial charge in [-0.05, 0) is 25.1 Å². The summed E-state index contributed by atoms with van der Waals surface area (Å²) in [6.45, 7) is 3.66. The van der Waals surface area contributed by atoms with E-state index in [1.807, 2.05) is 57.1 Å². The zero-order valence-electron chi connectivity index (χ0n) is 10.9. The standard InChI is InChI=1S/C13H21N3O/c1-9(10(2)14)13(17)15-11-6-5-7-12(8-11)16(3)4/h5-10H,14H2,1-4H3,(H,15,17). The molecule has 0 radical (unpaired) electrons.